The molecule has 110 valence electrons. The molecule has 20 heavy (non-hydrogen) atoms. The Morgan fingerprint density at radius 2 is 1.95 bits per heavy atom. The van der Waals surface area contributed by atoms with Crippen molar-refractivity contribution in [1.82, 2.24) is 10.6 Å². The van der Waals surface area contributed by atoms with Gasteiger partial charge < -0.3 is 16.0 Å². The molecule has 0 aliphatic heterocycles. The van der Waals surface area contributed by atoms with Gasteiger partial charge >= 0.3 is 0 Å². The molecule has 0 saturated carbocycles. The Labute approximate surface area is 117 Å². The lowest BCUT2D eigenvalue weighted by Gasteiger charge is -2.10. The van der Waals surface area contributed by atoms with Crippen molar-refractivity contribution in [2.45, 2.75) is 19.8 Å². The third-order valence-corrected chi connectivity index (χ3v) is 2.72. The number of carbonyl (C=O) groups excluding carboxylic acids is 2. The van der Waals surface area contributed by atoms with E-state index in [9.17, 15) is 14.0 Å². The van der Waals surface area contributed by atoms with Crippen LogP contribution in [0.25, 0.3) is 0 Å². The summed E-state index contributed by atoms with van der Waals surface area (Å²) in [6.07, 6.45) is 1.07. The molecule has 5 nitrogen and oxygen atoms in total. The summed E-state index contributed by atoms with van der Waals surface area (Å²) in [6.45, 7) is 2.81. The Bertz CT molecular complexity index is 477. The van der Waals surface area contributed by atoms with Crippen molar-refractivity contribution in [1.29, 1.82) is 0 Å². The van der Waals surface area contributed by atoms with Crippen LogP contribution >= 0.6 is 0 Å². The van der Waals surface area contributed by atoms with Gasteiger partial charge in [-0.15, -0.1) is 0 Å². The average Bonchev–Trinajstić information content (AvgIpc) is 2.44. The summed E-state index contributed by atoms with van der Waals surface area (Å²) in [5, 5.41) is 7.97. The van der Waals surface area contributed by atoms with Gasteiger partial charge in [-0.3, -0.25) is 9.59 Å². The van der Waals surface area contributed by atoms with E-state index in [0.717, 1.165) is 6.42 Å². The fourth-order valence-electron chi connectivity index (χ4n) is 1.71. The van der Waals surface area contributed by atoms with Crippen molar-refractivity contribution < 1.29 is 14.0 Å². The van der Waals surface area contributed by atoms with Gasteiger partial charge in [0.15, 0.2) is 0 Å². The number of rotatable bonds is 7. The maximum absolute atomic E-state index is 13.5. The monoisotopic (exact) mass is 281 g/mol. The third kappa shape index (κ3) is 4.53. The second-order valence-corrected chi connectivity index (χ2v) is 4.27. The zero-order valence-corrected chi connectivity index (χ0v) is 11.8. The fourth-order valence-corrected chi connectivity index (χ4v) is 1.71. The zero-order chi connectivity index (χ0) is 15.0. The van der Waals surface area contributed by atoms with Gasteiger partial charge in [0, 0.05) is 26.6 Å². The molecule has 0 spiro atoms. The molecular formula is C14H20FN3O2. The van der Waals surface area contributed by atoms with Crippen molar-refractivity contribution in [2.24, 2.45) is 0 Å². The minimum atomic E-state index is -0.485. The molecule has 6 heteroatoms. The minimum Gasteiger partial charge on any atom is -0.385 e. The number of benzene rings is 1. The fraction of sp³-hybridized carbons (Fsp3) is 0.429. The third-order valence-electron chi connectivity index (χ3n) is 2.72. The van der Waals surface area contributed by atoms with E-state index in [-0.39, 0.29) is 30.1 Å². The largest absolute Gasteiger partial charge is 0.385 e. The lowest BCUT2D eigenvalue weighted by molar-refractivity contribution is -0.120. The van der Waals surface area contributed by atoms with Crippen molar-refractivity contribution in [3.05, 3.63) is 29.6 Å². The first kappa shape index (κ1) is 15.9. The summed E-state index contributed by atoms with van der Waals surface area (Å²) >= 11 is 0. The van der Waals surface area contributed by atoms with Gasteiger partial charge in [0.2, 0.25) is 5.91 Å². The molecule has 0 unspecified atom stereocenters. The number of amides is 2. The maximum Gasteiger partial charge on any atom is 0.253 e. The van der Waals surface area contributed by atoms with Crippen molar-refractivity contribution in [3.63, 3.8) is 0 Å². The molecule has 0 saturated heterocycles. The average molecular weight is 281 g/mol. The number of carbonyl (C=O) groups is 2. The standard InChI is InChI=1S/C14H20FN3O2/c1-3-8-17-12(19)7-9-18-14(20)10-5-4-6-11(15)13(10)16-2/h4-6,16H,3,7-9H2,1-2H3,(H,17,19)(H,18,20). The molecule has 0 heterocycles. The highest BCUT2D eigenvalue weighted by Crippen LogP contribution is 2.18. The first-order valence-electron chi connectivity index (χ1n) is 6.61. The molecule has 3 N–H and O–H groups in total. The molecular weight excluding hydrogens is 261 g/mol. The summed E-state index contributed by atoms with van der Waals surface area (Å²) in [5.74, 6) is -1.00. The van der Waals surface area contributed by atoms with E-state index >= 15 is 0 Å². The highest BCUT2D eigenvalue weighted by Gasteiger charge is 2.13. The van der Waals surface area contributed by atoms with E-state index in [4.69, 9.17) is 0 Å². The molecule has 0 aliphatic rings. The summed E-state index contributed by atoms with van der Waals surface area (Å²) in [7, 11) is 1.55. The van der Waals surface area contributed by atoms with Crippen LogP contribution < -0.4 is 16.0 Å². The zero-order valence-electron chi connectivity index (χ0n) is 11.8. The second kappa shape index (κ2) is 8.14. The Morgan fingerprint density at radius 1 is 1.20 bits per heavy atom. The van der Waals surface area contributed by atoms with Gasteiger partial charge in [0.25, 0.3) is 5.91 Å². The van der Waals surface area contributed by atoms with Crippen LogP contribution in [0.1, 0.15) is 30.1 Å². The minimum absolute atomic E-state index is 0.111. The van der Waals surface area contributed by atoms with Crippen LogP contribution in [0.4, 0.5) is 10.1 Å². The first-order chi connectivity index (χ1) is 9.60. The van der Waals surface area contributed by atoms with Crippen molar-refractivity contribution in [2.75, 3.05) is 25.5 Å². The van der Waals surface area contributed by atoms with Gasteiger partial charge in [-0.05, 0) is 18.6 Å². The number of anilines is 1. The summed E-state index contributed by atoms with van der Waals surface area (Å²) in [5.41, 5.74) is 0.377. The molecule has 1 aromatic carbocycles. The van der Waals surface area contributed by atoms with Crippen LogP contribution in [0, 0.1) is 5.82 Å². The van der Waals surface area contributed by atoms with E-state index in [0.29, 0.717) is 6.54 Å². The lowest BCUT2D eigenvalue weighted by Crippen LogP contribution is -2.31. The van der Waals surface area contributed by atoms with Gasteiger partial charge in [-0.2, -0.15) is 0 Å². The normalized spacial score (nSPS) is 9.95. The number of hydrogen-bond acceptors (Lipinski definition) is 3. The van der Waals surface area contributed by atoms with Crippen LogP contribution in [0.2, 0.25) is 0 Å². The van der Waals surface area contributed by atoms with Crippen molar-refractivity contribution >= 4 is 17.5 Å². The van der Waals surface area contributed by atoms with Crippen LogP contribution in [-0.4, -0.2) is 32.0 Å². The smallest absolute Gasteiger partial charge is 0.253 e. The lowest BCUT2D eigenvalue weighted by atomic mass is 10.1. The van der Waals surface area contributed by atoms with Gasteiger partial charge in [0.1, 0.15) is 5.82 Å². The second-order valence-electron chi connectivity index (χ2n) is 4.27. The first-order valence-corrected chi connectivity index (χ1v) is 6.61. The number of nitrogens with one attached hydrogen (secondary N) is 3. The molecule has 0 aliphatic carbocycles. The number of para-hydroxylation sites is 1. The quantitative estimate of drug-likeness (QED) is 0.709. The topological polar surface area (TPSA) is 70.2 Å². The van der Waals surface area contributed by atoms with Gasteiger partial charge in [-0.1, -0.05) is 13.0 Å². The Morgan fingerprint density at radius 3 is 2.60 bits per heavy atom. The highest BCUT2D eigenvalue weighted by molar-refractivity contribution is 5.99. The van der Waals surface area contributed by atoms with E-state index in [1.807, 2.05) is 6.92 Å². The predicted octanol–water partition coefficient (Wildman–Crippen LogP) is 1.51. The highest BCUT2D eigenvalue weighted by atomic mass is 19.1. The molecule has 0 bridgehead atoms. The molecule has 0 fully saturated rings. The van der Waals surface area contributed by atoms with Gasteiger partial charge in [0.05, 0.1) is 11.3 Å². The number of hydrogen-bond donors (Lipinski definition) is 3. The van der Waals surface area contributed by atoms with E-state index in [1.54, 1.807) is 7.05 Å². The van der Waals surface area contributed by atoms with Crippen LogP contribution in [0.5, 0.6) is 0 Å². The SMILES string of the molecule is CCCNC(=O)CCNC(=O)c1cccc(F)c1NC. The Hall–Kier alpha value is -2.11. The molecule has 0 radical (unpaired) electrons. The summed E-state index contributed by atoms with van der Waals surface area (Å²) < 4.78 is 13.5. The maximum atomic E-state index is 13.5. The number of halogens is 1. The molecule has 2 amide bonds. The molecule has 1 aromatic rings. The molecule has 0 aromatic heterocycles. The summed E-state index contributed by atoms with van der Waals surface area (Å²) in [4.78, 5) is 23.3. The molecule has 1 rings (SSSR count). The van der Waals surface area contributed by atoms with Crippen LogP contribution in [0.3, 0.4) is 0 Å². The van der Waals surface area contributed by atoms with Crippen LogP contribution in [-0.2, 0) is 4.79 Å². The van der Waals surface area contributed by atoms with E-state index in [1.165, 1.54) is 18.2 Å². The summed E-state index contributed by atoms with van der Waals surface area (Å²) in [6, 6.07) is 4.28. The molecule has 0 atom stereocenters. The predicted molar refractivity (Wildman–Crippen MR) is 76.2 cm³/mol. The van der Waals surface area contributed by atoms with E-state index < -0.39 is 11.7 Å². The Kier molecular flexibility index (Phi) is 6.49. The van der Waals surface area contributed by atoms with Gasteiger partial charge in [-0.25, -0.2) is 4.39 Å². The van der Waals surface area contributed by atoms with Crippen molar-refractivity contribution in [3.8, 4) is 0 Å². The van der Waals surface area contributed by atoms with Crippen LogP contribution in [0.15, 0.2) is 18.2 Å². The Balaban J connectivity index is 2.51. The van der Waals surface area contributed by atoms with E-state index in [2.05, 4.69) is 16.0 Å².